The van der Waals surface area contributed by atoms with Crippen molar-refractivity contribution in [3.05, 3.63) is 42.4 Å². The van der Waals surface area contributed by atoms with Crippen LogP contribution in [0.15, 0.2) is 36.8 Å². The van der Waals surface area contributed by atoms with Crippen molar-refractivity contribution in [3.8, 4) is 0 Å². The average Bonchev–Trinajstić information content (AvgIpc) is 2.89. The Morgan fingerprint density at radius 1 is 1.05 bits per heavy atom. The molecule has 1 aromatic carbocycles. The van der Waals surface area contributed by atoms with Crippen LogP contribution in [0.2, 0.25) is 0 Å². The van der Waals surface area contributed by atoms with Crippen LogP contribution in [0.1, 0.15) is 5.56 Å². The molecule has 3 aromatic rings. The lowest BCUT2D eigenvalue weighted by atomic mass is 10.2. The van der Waals surface area contributed by atoms with E-state index in [0.717, 1.165) is 23.4 Å². The quantitative estimate of drug-likeness (QED) is 0.737. The highest BCUT2D eigenvalue weighted by Crippen LogP contribution is 2.23. The summed E-state index contributed by atoms with van der Waals surface area (Å²) in [6.07, 6.45) is 3.40. The number of hydrogen-bond acceptors (Lipinski definition) is 5. The fourth-order valence-electron chi connectivity index (χ4n) is 2.50. The highest BCUT2D eigenvalue weighted by atomic mass is 15.3. The number of rotatable bonds is 4. The molecular formula is C16H20N6. The summed E-state index contributed by atoms with van der Waals surface area (Å²) in [6, 6.07) is 8.55. The summed E-state index contributed by atoms with van der Waals surface area (Å²) < 4.78 is 1.76. The van der Waals surface area contributed by atoms with Crippen LogP contribution in [0, 0.1) is 0 Å². The lowest BCUT2D eigenvalue weighted by molar-refractivity contribution is 0.785. The summed E-state index contributed by atoms with van der Waals surface area (Å²) in [6.45, 7) is 0.786. The molecule has 0 radical (unpaired) electrons. The molecule has 0 bridgehead atoms. The Morgan fingerprint density at radius 3 is 2.45 bits per heavy atom. The lowest BCUT2D eigenvalue weighted by Gasteiger charge is -2.19. The first-order valence-electron chi connectivity index (χ1n) is 7.16. The second-order valence-corrected chi connectivity index (χ2v) is 5.62. The van der Waals surface area contributed by atoms with Gasteiger partial charge in [-0.2, -0.15) is 5.10 Å². The van der Waals surface area contributed by atoms with Gasteiger partial charge in [-0.15, -0.1) is 0 Å². The first-order chi connectivity index (χ1) is 10.6. The van der Waals surface area contributed by atoms with Gasteiger partial charge in [-0.1, -0.05) is 12.1 Å². The van der Waals surface area contributed by atoms with E-state index in [1.165, 1.54) is 11.3 Å². The number of nitrogens with zero attached hydrogens (tertiary/aromatic N) is 6. The minimum absolute atomic E-state index is 0.786. The average molecular weight is 296 g/mol. The molecule has 3 rings (SSSR count). The third-order valence-electron chi connectivity index (χ3n) is 3.74. The minimum atomic E-state index is 0.786. The fraction of sp³-hybridized carbons (Fsp3) is 0.312. The number of benzene rings is 1. The Labute approximate surface area is 130 Å². The second kappa shape index (κ2) is 5.63. The topological polar surface area (TPSA) is 50.1 Å². The number of anilines is 2. The molecule has 0 aliphatic heterocycles. The standard InChI is InChI=1S/C16H20N6/c1-20(2)13-7-5-12(6-8-13)10-21(3)15-14-9-19-22(4)16(14)18-11-17-15/h5-9,11H,10H2,1-4H3. The SMILES string of the molecule is CN(C)c1ccc(CN(C)c2ncnc3c2cnn3C)cc1. The first kappa shape index (κ1) is 14.3. The fourth-order valence-corrected chi connectivity index (χ4v) is 2.50. The van der Waals surface area contributed by atoms with Gasteiger partial charge >= 0.3 is 0 Å². The molecule has 0 saturated carbocycles. The molecule has 114 valence electrons. The molecular weight excluding hydrogens is 276 g/mol. The highest BCUT2D eigenvalue weighted by molar-refractivity contribution is 5.86. The molecule has 0 atom stereocenters. The largest absolute Gasteiger partial charge is 0.378 e. The third kappa shape index (κ3) is 2.59. The molecule has 0 fully saturated rings. The van der Waals surface area contributed by atoms with E-state index in [0.29, 0.717) is 0 Å². The van der Waals surface area contributed by atoms with Crippen LogP contribution in [-0.2, 0) is 13.6 Å². The summed E-state index contributed by atoms with van der Waals surface area (Å²) in [5, 5.41) is 5.23. The summed E-state index contributed by atoms with van der Waals surface area (Å²) in [7, 11) is 8.01. The summed E-state index contributed by atoms with van der Waals surface area (Å²) >= 11 is 0. The van der Waals surface area contributed by atoms with Gasteiger partial charge in [-0.05, 0) is 17.7 Å². The monoisotopic (exact) mass is 296 g/mol. The van der Waals surface area contributed by atoms with Gasteiger partial charge in [-0.25, -0.2) is 9.97 Å². The van der Waals surface area contributed by atoms with Crippen molar-refractivity contribution in [1.82, 2.24) is 19.7 Å². The van der Waals surface area contributed by atoms with Crippen LogP contribution < -0.4 is 9.80 Å². The zero-order valence-corrected chi connectivity index (χ0v) is 13.4. The van der Waals surface area contributed by atoms with Gasteiger partial charge in [0.2, 0.25) is 0 Å². The molecule has 2 aromatic heterocycles. The smallest absolute Gasteiger partial charge is 0.163 e. The van der Waals surface area contributed by atoms with E-state index >= 15 is 0 Å². The van der Waals surface area contributed by atoms with Crippen molar-refractivity contribution in [2.24, 2.45) is 7.05 Å². The van der Waals surface area contributed by atoms with Crippen molar-refractivity contribution in [2.45, 2.75) is 6.54 Å². The van der Waals surface area contributed by atoms with E-state index in [9.17, 15) is 0 Å². The first-order valence-corrected chi connectivity index (χ1v) is 7.16. The Hall–Kier alpha value is -2.63. The van der Waals surface area contributed by atoms with Gasteiger partial charge in [0, 0.05) is 40.4 Å². The summed E-state index contributed by atoms with van der Waals surface area (Å²) in [5.74, 6) is 0.898. The summed E-state index contributed by atoms with van der Waals surface area (Å²) in [5.41, 5.74) is 3.28. The Bertz CT molecular complexity index is 775. The minimum Gasteiger partial charge on any atom is -0.378 e. The third-order valence-corrected chi connectivity index (χ3v) is 3.74. The van der Waals surface area contributed by atoms with Crippen molar-refractivity contribution in [2.75, 3.05) is 30.9 Å². The number of hydrogen-bond donors (Lipinski definition) is 0. The van der Waals surface area contributed by atoms with Crippen LogP contribution in [0.3, 0.4) is 0 Å². The summed E-state index contributed by atoms with van der Waals surface area (Å²) in [4.78, 5) is 12.9. The van der Waals surface area contributed by atoms with E-state index in [1.54, 1.807) is 11.0 Å². The van der Waals surface area contributed by atoms with E-state index in [1.807, 2.05) is 34.4 Å². The van der Waals surface area contributed by atoms with Crippen LogP contribution in [0.25, 0.3) is 11.0 Å². The van der Waals surface area contributed by atoms with Crippen LogP contribution in [0.5, 0.6) is 0 Å². The molecule has 0 amide bonds. The molecule has 0 unspecified atom stereocenters. The lowest BCUT2D eigenvalue weighted by Crippen LogP contribution is -2.18. The van der Waals surface area contributed by atoms with Gasteiger partial charge in [0.25, 0.3) is 0 Å². The van der Waals surface area contributed by atoms with E-state index < -0.39 is 0 Å². The Kier molecular flexibility index (Phi) is 3.66. The maximum absolute atomic E-state index is 4.42. The van der Waals surface area contributed by atoms with Crippen LogP contribution >= 0.6 is 0 Å². The molecule has 0 aliphatic carbocycles. The predicted octanol–water partition coefficient (Wildman–Crippen LogP) is 2.07. The maximum Gasteiger partial charge on any atom is 0.163 e. The Balaban J connectivity index is 1.85. The van der Waals surface area contributed by atoms with Gasteiger partial charge < -0.3 is 9.80 Å². The van der Waals surface area contributed by atoms with Crippen LogP contribution in [-0.4, -0.2) is 40.9 Å². The molecule has 0 N–H and O–H groups in total. The van der Waals surface area contributed by atoms with Gasteiger partial charge in [0.05, 0.1) is 11.6 Å². The van der Waals surface area contributed by atoms with Gasteiger partial charge in [0.1, 0.15) is 12.1 Å². The second-order valence-electron chi connectivity index (χ2n) is 5.62. The zero-order valence-electron chi connectivity index (χ0n) is 13.4. The van der Waals surface area contributed by atoms with Crippen molar-refractivity contribution in [1.29, 1.82) is 0 Å². The predicted molar refractivity (Wildman–Crippen MR) is 89.2 cm³/mol. The van der Waals surface area contributed by atoms with Gasteiger partial charge in [0.15, 0.2) is 5.65 Å². The molecule has 22 heavy (non-hydrogen) atoms. The highest BCUT2D eigenvalue weighted by Gasteiger charge is 2.12. The zero-order chi connectivity index (χ0) is 15.7. The molecule has 0 spiro atoms. The van der Waals surface area contributed by atoms with E-state index in [-0.39, 0.29) is 0 Å². The number of fused-ring (bicyclic) bond motifs is 1. The van der Waals surface area contributed by atoms with Crippen molar-refractivity contribution < 1.29 is 0 Å². The maximum atomic E-state index is 4.42. The van der Waals surface area contributed by atoms with Gasteiger partial charge in [-0.3, -0.25) is 4.68 Å². The number of aromatic nitrogens is 4. The number of aryl methyl sites for hydroxylation is 1. The van der Waals surface area contributed by atoms with E-state index in [2.05, 4.69) is 49.1 Å². The molecule has 6 nitrogen and oxygen atoms in total. The molecule has 0 saturated heterocycles. The van der Waals surface area contributed by atoms with Crippen molar-refractivity contribution in [3.63, 3.8) is 0 Å². The molecule has 2 heterocycles. The van der Waals surface area contributed by atoms with E-state index in [4.69, 9.17) is 0 Å². The molecule has 6 heteroatoms. The van der Waals surface area contributed by atoms with Crippen molar-refractivity contribution >= 4 is 22.5 Å². The Morgan fingerprint density at radius 2 is 1.77 bits per heavy atom. The van der Waals surface area contributed by atoms with Crippen LogP contribution in [0.4, 0.5) is 11.5 Å². The normalized spacial score (nSPS) is 10.9. The molecule has 0 aliphatic rings.